The lowest BCUT2D eigenvalue weighted by molar-refractivity contribution is 0.0908. The van der Waals surface area contributed by atoms with E-state index in [4.69, 9.17) is 23.9 Å². The lowest BCUT2D eigenvalue weighted by atomic mass is 9.71. The van der Waals surface area contributed by atoms with E-state index in [1.165, 1.54) is 0 Å². The van der Waals surface area contributed by atoms with Crippen molar-refractivity contribution in [2.24, 2.45) is 11.8 Å². The first-order chi connectivity index (χ1) is 23.6. The highest BCUT2D eigenvalue weighted by Crippen LogP contribution is 2.45. The van der Waals surface area contributed by atoms with Gasteiger partial charge in [-0.25, -0.2) is 9.67 Å². The number of nitrogens with zero attached hydrogens (tertiary/aromatic N) is 4. The fourth-order valence-electron chi connectivity index (χ4n) is 5.71. The Labute approximate surface area is 312 Å². The van der Waals surface area contributed by atoms with Crippen molar-refractivity contribution in [1.82, 2.24) is 24.5 Å². The molecule has 3 aromatic heterocycles. The van der Waals surface area contributed by atoms with Gasteiger partial charge in [-0.3, -0.25) is 4.98 Å². The molecular weight excluding hydrogens is 687 g/mol. The molecule has 0 saturated heterocycles. The summed E-state index contributed by atoms with van der Waals surface area (Å²) in [6.07, 6.45) is 3.93. The molecule has 1 aromatic carbocycles. The molecule has 0 spiro atoms. The van der Waals surface area contributed by atoms with Crippen LogP contribution in [0.25, 0.3) is 28.0 Å². The molecule has 2 atom stereocenters. The van der Waals surface area contributed by atoms with Crippen molar-refractivity contribution in [2.75, 3.05) is 6.61 Å². The molecule has 0 radical (unpaired) electrons. The largest absolute Gasteiger partial charge is 0.598 e. The van der Waals surface area contributed by atoms with E-state index in [2.05, 4.69) is 109 Å². The maximum atomic E-state index is 13.5. The normalized spacial score (nSPS) is 18.9. The minimum absolute atomic E-state index is 0.121. The lowest BCUT2D eigenvalue weighted by Gasteiger charge is -2.43. The quantitative estimate of drug-likeness (QED) is 0.114. The molecule has 5 rings (SSSR count). The van der Waals surface area contributed by atoms with Crippen LogP contribution in [0.15, 0.2) is 60.8 Å². The van der Waals surface area contributed by atoms with Gasteiger partial charge in [0.15, 0.2) is 22.5 Å². The van der Waals surface area contributed by atoms with Crippen molar-refractivity contribution in [3.8, 4) is 17.1 Å². The first kappa shape index (κ1) is 39.8. The minimum atomic E-state index is -1.91. The number of nitrogens with one attached hydrogen (secondary N) is 1. The smallest absolute Gasteiger partial charge is 0.192 e. The monoisotopic (exact) mass is 747 g/mol. The molecule has 0 unspecified atom stereocenters. The standard InChI is InChI=1S/C40H61N5O3SSi2/c1-38(2,3)49(46)44-37(31-22-28(23-31)26-47-50(10,11)39(4,5)6)34-18-15-17-33(43-34)29-20-21-30-25-41-45(35(30)24-29)36-19-14-16-32(42-36)27-48-51(12,13)40(7,8)9/h14-21,24-25,28,31,37,44H,22-23,26-27H2,1-13H3/t28?,31?,37-,49+/m0/s1. The van der Waals surface area contributed by atoms with Crippen molar-refractivity contribution in [3.63, 3.8) is 0 Å². The maximum Gasteiger partial charge on any atom is 0.192 e. The van der Waals surface area contributed by atoms with Crippen LogP contribution in [0.1, 0.15) is 92.6 Å². The molecule has 11 heteroatoms. The third-order valence-corrected chi connectivity index (χ3v) is 21.9. The second-order valence-corrected chi connectivity index (χ2v) is 30.1. The highest BCUT2D eigenvalue weighted by atomic mass is 32.2. The van der Waals surface area contributed by atoms with Crippen LogP contribution in [-0.4, -0.2) is 52.3 Å². The van der Waals surface area contributed by atoms with Crippen molar-refractivity contribution >= 4 is 38.9 Å². The molecule has 1 fully saturated rings. The van der Waals surface area contributed by atoms with Crippen LogP contribution < -0.4 is 4.72 Å². The number of aromatic nitrogens is 4. The second-order valence-electron chi connectivity index (χ2n) is 18.5. The van der Waals surface area contributed by atoms with Crippen LogP contribution in [0.3, 0.4) is 0 Å². The van der Waals surface area contributed by atoms with E-state index in [1.54, 1.807) is 0 Å². The third kappa shape index (κ3) is 9.23. The lowest BCUT2D eigenvalue weighted by Crippen LogP contribution is -2.47. The Kier molecular flexibility index (Phi) is 11.6. The summed E-state index contributed by atoms with van der Waals surface area (Å²) in [7, 11) is -3.72. The van der Waals surface area contributed by atoms with Crippen LogP contribution in [0.5, 0.6) is 0 Å². The summed E-state index contributed by atoms with van der Waals surface area (Å²) in [5.74, 6) is 1.59. The number of benzene rings is 1. The molecule has 51 heavy (non-hydrogen) atoms. The Hall–Kier alpha value is -2.39. The average Bonchev–Trinajstić information content (AvgIpc) is 3.44. The van der Waals surface area contributed by atoms with Gasteiger partial charge in [0.1, 0.15) is 4.75 Å². The molecule has 4 aromatic rings. The molecule has 278 valence electrons. The topological polar surface area (TPSA) is 97.2 Å². The summed E-state index contributed by atoms with van der Waals surface area (Å²) in [4.78, 5) is 10.2. The van der Waals surface area contributed by atoms with Gasteiger partial charge in [-0.1, -0.05) is 65.8 Å². The third-order valence-electron chi connectivity index (χ3n) is 11.4. The average molecular weight is 748 g/mol. The number of fused-ring (bicyclic) bond motifs is 1. The van der Waals surface area contributed by atoms with Crippen molar-refractivity contribution < 1.29 is 13.4 Å². The van der Waals surface area contributed by atoms with Gasteiger partial charge in [-0.15, -0.1) is 4.72 Å². The fourth-order valence-corrected chi connectivity index (χ4v) is 8.63. The SMILES string of the molecule is CC(C)(C)[S@@+]([O-])N[C@H](c1cccc(-c2ccc3cnn(-c4cccc(CO[Si](C)(C)C(C)(C)C)n4)c3c2)n1)C1CC(CO[Si](C)(C)C(C)(C)C)C1. The summed E-state index contributed by atoms with van der Waals surface area (Å²) in [5.41, 5.74) is 4.64. The molecule has 0 bridgehead atoms. The molecular formula is C40H61N5O3SSi2. The molecule has 0 amide bonds. The highest BCUT2D eigenvalue weighted by Gasteiger charge is 2.43. The highest BCUT2D eigenvalue weighted by molar-refractivity contribution is 7.90. The molecule has 3 heterocycles. The molecule has 1 aliphatic rings. The Morgan fingerprint density at radius 2 is 1.51 bits per heavy atom. The zero-order valence-corrected chi connectivity index (χ0v) is 36.1. The molecule has 1 saturated carbocycles. The predicted octanol–water partition coefficient (Wildman–Crippen LogP) is 10.1. The number of pyridine rings is 2. The number of rotatable bonds is 12. The Balaban J connectivity index is 1.38. The molecule has 1 N–H and O–H groups in total. The minimum Gasteiger partial charge on any atom is -0.598 e. The summed E-state index contributed by atoms with van der Waals surface area (Å²) >= 11 is -1.24. The van der Waals surface area contributed by atoms with E-state index in [0.29, 0.717) is 18.4 Å². The fraction of sp³-hybridized carbons (Fsp3) is 0.575. The Bertz CT molecular complexity index is 1800. The predicted molar refractivity (Wildman–Crippen MR) is 217 cm³/mol. The van der Waals surface area contributed by atoms with E-state index in [1.807, 2.05) is 49.8 Å². The molecule has 8 nitrogen and oxygen atoms in total. The van der Waals surface area contributed by atoms with Crippen LogP contribution in [0.4, 0.5) is 0 Å². The van der Waals surface area contributed by atoms with Gasteiger partial charge in [0.2, 0.25) is 0 Å². The van der Waals surface area contributed by atoms with Gasteiger partial charge < -0.3 is 13.4 Å². The summed E-state index contributed by atoms with van der Waals surface area (Å²) in [6, 6.07) is 18.4. The van der Waals surface area contributed by atoms with Gasteiger partial charge in [0.05, 0.1) is 41.4 Å². The summed E-state index contributed by atoms with van der Waals surface area (Å²) in [6.45, 7) is 30.1. The number of hydrogen-bond acceptors (Lipinski definition) is 7. The molecule has 1 aliphatic carbocycles. The van der Waals surface area contributed by atoms with Crippen LogP contribution >= 0.6 is 0 Å². The number of hydrogen-bond donors (Lipinski definition) is 1. The first-order valence-corrected chi connectivity index (χ1v) is 25.4. The van der Waals surface area contributed by atoms with E-state index < -0.39 is 32.7 Å². The van der Waals surface area contributed by atoms with Crippen LogP contribution in [-0.2, 0) is 26.8 Å². The van der Waals surface area contributed by atoms with Gasteiger partial charge in [0, 0.05) is 28.9 Å². The summed E-state index contributed by atoms with van der Waals surface area (Å²) < 4.78 is 31.5. The van der Waals surface area contributed by atoms with Gasteiger partial charge >= 0.3 is 0 Å². The van der Waals surface area contributed by atoms with Crippen molar-refractivity contribution in [3.05, 3.63) is 72.2 Å². The van der Waals surface area contributed by atoms with Gasteiger partial charge in [-0.05, 0) is 112 Å². The van der Waals surface area contributed by atoms with Crippen molar-refractivity contribution in [2.45, 2.75) is 129 Å². The zero-order chi connectivity index (χ0) is 37.6. The van der Waals surface area contributed by atoms with E-state index in [-0.39, 0.29) is 16.1 Å². The Morgan fingerprint density at radius 1 is 0.863 bits per heavy atom. The zero-order valence-electron chi connectivity index (χ0n) is 33.3. The van der Waals surface area contributed by atoms with E-state index in [0.717, 1.165) is 58.8 Å². The summed E-state index contributed by atoms with van der Waals surface area (Å²) in [5, 5.41) is 6.08. The first-order valence-electron chi connectivity index (χ1n) is 18.4. The van der Waals surface area contributed by atoms with E-state index >= 15 is 0 Å². The second kappa shape index (κ2) is 14.8. The Morgan fingerprint density at radius 3 is 2.16 bits per heavy atom. The van der Waals surface area contributed by atoms with E-state index in [9.17, 15) is 4.55 Å². The van der Waals surface area contributed by atoms with Crippen molar-refractivity contribution in [1.29, 1.82) is 0 Å². The van der Waals surface area contributed by atoms with Crippen LogP contribution in [0, 0.1) is 11.8 Å². The van der Waals surface area contributed by atoms with Crippen LogP contribution in [0.2, 0.25) is 36.3 Å². The maximum absolute atomic E-state index is 13.5. The molecule has 0 aliphatic heterocycles. The van der Waals surface area contributed by atoms with Gasteiger partial charge in [0.25, 0.3) is 0 Å². The van der Waals surface area contributed by atoms with Gasteiger partial charge in [-0.2, -0.15) is 5.10 Å².